The summed E-state index contributed by atoms with van der Waals surface area (Å²) in [5.41, 5.74) is 9.53. The van der Waals surface area contributed by atoms with Crippen LogP contribution in [0.1, 0.15) is 29.7 Å². The van der Waals surface area contributed by atoms with Gasteiger partial charge in [0.15, 0.2) is 0 Å². The topological polar surface area (TPSA) is 44.5 Å². The number of methoxy groups -OCH3 is 1. The summed E-state index contributed by atoms with van der Waals surface area (Å²) in [4.78, 5) is 0. The molecule has 2 aromatic rings. The summed E-state index contributed by atoms with van der Waals surface area (Å²) >= 11 is 0. The van der Waals surface area contributed by atoms with Crippen LogP contribution >= 0.6 is 0 Å². The third-order valence-electron chi connectivity index (χ3n) is 3.44. The molecule has 112 valence electrons. The molecule has 0 saturated heterocycles. The maximum Gasteiger partial charge on any atom is 0.118 e. The van der Waals surface area contributed by atoms with E-state index in [9.17, 15) is 0 Å². The van der Waals surface area contributed by atoms with Gasteiger partial charge in [0, 0.05) is 6.04 Å². The molecule has 3 nitrogen and oxygen atoms in total. The third-order valence-corrected chi connectivity index (χ3v) is 3.44. The molecule has 2 atom stereocenters. The molecular formula is C18H23NO2. The first-order valence-electron chi connectivity index (χ1n) is 7.17. The van der Waals surface area contributed by atoms with E-state index in [0.29, 0.717) is 6.61 Å². The lowest BCUT2D eigenvalue weighted by atomic mass is 10.0. The van der Waals surface area contributed by atoms with E-state index in [1.165, 1.54) is 5.56 Å². The Kier molecular flexibility index (Phi) is 5.37. The van der Waals surface area contributed by atoms with Crippen molar-refractivity contribution >= 4 is 0 Å². The standard InChI is InChI=1S/C18H23NO2/c1-13-5-4-6-16(11-13)18(14(2)19)21-12-15-7-9-17(20-3)10-8-15/h4-11,14,18H,12,19H2,1-3H3. The van der Waals surface area contributed by atoms with Gasteiger partial charge in [-0.25, -0.2) is 0 Å². The molecule has 0 aromatic heterocycles. The predicted octanol–water partition coefficient (Wildman–Crippen LogP) is 3.61. The Morgan fingerprint density at radius 2 is 1.81 bits per heavy atom. The van der Waals surface area contributed by atoms with Crippen LogP contribution in [0.5, 0.6) is 5.75 Å². The second-order valence-electron chi connectivity index (χ2n) is 5.35. The molecule has 0 saturated carbocycles. The van der Waals surface area contributed by atoms with Crippen LogP contribution in [0.2, 0.25) is 0 Å². The lowest BCUT2D eigenvalue weighted by Gasteiger charge is -2.22. The summed E-state index contributed by atoms with van der Waals surface area (Å²) in [6, 6.07) is 16.1. The van der Waals surface area contributed by atoms with Crippen LogP contribution in [0.15, 0.2) is 48.5 Å². The highest BCUT2D eigenvalue weighted by atomic mass is 16.5. The van der Waals surface area contributed by atoms with Gasteiger partial charge < -0.3 is 15.2 Å². The predicted molar refractivity (Wildman–Crippen MR) is 85.4 cm³/mol. The van der Waals surface area contributed by atoms with Crippen molar-refractivity contribution in [2.75, 3.05) is 7.11 Å². The van der Waals surface area contributed by atoms with Crippen molar-refractivity contribution in [3.05, 3.63) is 65.2 Å². The van der Waals surface area contributed by atoms with E-state index >= 15 is 0 Å². The molecule has 3 heteroatoms. The summed E-state index contributed by atoms with van der Waals surface area (Å²) in [7, 11) is 1.66. The Labute approximate surface area is 126 Å². The third kappa shape index (κ3) is 4.31. The van der Waals surface area contributed by atoms with Crippen LogP contribution in [0, 0.1) is 6.92 Å². The molecule has 0 bridgehead atoms. The average Bonchev–Trinajstić information content (AvgIpc) is 2.48. The molecule has 0 amide bonds. The maximum atomic E-state index is 6.08. The van der Waals surface area contributed by atoms with E-state index in [1.807, 2.05) is 37.3 Å². The molecule has 0 aliphatic heterocycles. The van der Waals surface area contributed by atoms with Crippen LogP contribution in [0.3, 0.4) is 0 Å². The molecule has 0 aliphatic rings. The first kappa shape index (κ1) is 15.5. The van der Waals surface area contributed by atoms with Crippen molar-refractivity contribution in [2.45, 2.75) is 32.6 Å². The Bertz CT molecular complexity index is 564. The quantitative estimate of drug-likeness (QED) is 0.881. The Morgan fingerprint density at radius 1 is 1.10 bits per heavy atom. The minimum absolute atomic E-state index is 0.0648. The van der Waals surface area contributed by atoms with Crippen molar-refractivity contribution in [1.82, 2.24) is 0 Å². The summed E-state index contributed by atoms with van der Waals surface area (Å²) in [5.74, 6) is 0.848. The zero-order valence-corrected chi connectivity index (χ0v) is 12.9. The van der Waals surface area contributed by atoms with Crippen molar-refractivity contribution < 1.29 is 9.47 Å². The van der Waals surface area contributed by atoms with Crippen LogP contribution in [0.25, 0.3) is 0 Å². The second kappa shape index (κ2) is 7.25. The highest BCUT2D eigenvalue weighted by molar-refractivity contribution is 5.27. The molecule has 21 heavy (non-hydrogen) atoms. The minimum Gasteiger partial charge on any atom is -0.497 e. The smallest absolute Gasteiger partial charge is 0.118 e. The number of ether oxygens (including phenoxy) is 2. The number of aryl methyl sites for hydroxylation is 1. The van der Waals surface area contributed by atoms with Gasteiger partial charge in [-0.2, -0.15) is 0 Å². The summed E-state index contributed by atoms with van der Waals surface area (Å²) in [5, 5.41) is 0. The van der Waals surface area contributed by atoms with E-state index in [2.05, 4.69) is 25.1 Å². The molecule has 0 aliphatic carbocycles. The zero-order valence-electron chi connectivity index (χ0n) is 12.9. The molecule has 0 radical (unpaired) electrons. The monoisotopic (exact) mass is 285 g/mol. The van der Waals surface area contributed by atoms with Gasteiger partial charge in [-0.05, 0) is 37.1 Å². The van der Waals surface area contributed by atoms with Crippen molar-refractivity contribution in [3.8, 4) is 5.75 Å². The normalized spacial score (nSPS) is 13.7. The molecule has 2 rings (SSSR count). The number of hydrogen-bond acceptors (Lipinski definition) is 3. The van der Waals surface area contributed by atoms with Crippen molar-refractivity contribution in [3.63, 3.8) is 0 Å². The fourth-order valence-electron chi connectivity index (χ4n) is 2.31. The van der Waals surface area contributed by atoms with E-state index in [1.54, 1.807) is 7.11 Å². The number of rotatable bonds is 6. The van der Waals surface area contributed by atoms with Gasteiger partial charge in [0.1, 0.15) is 5.75 Å². The lowest BCUT2D eigenvalue weighted by molar-refractivity contribution is 0.0258. The van der Waals surface area contributed by atoms with Gasteiger partial charge in [0.05, 0.1) is 19.8 Å². The first-order chi connectivity index (χ1) is 10.1. The fourth-order valence-corrected chi connectivity index (χ4v) is 2.31. The molecular weight excluding hydrogens is 262 g/mol. The SMILES string of the molecule is COc1ccc(COC(c2cccc(C)c2)C(C)N)cc1. The Morgan fingerprint density at radius 3 is 2.38 bits per heavy atom. The van der Waals surface area contributed by atoms with Gasteiger partial charge in [0.25, 0.3) is 0 Å². The maximum absolute atomic E-state index is 6.08. The molecule has 0 heterocycles. The lowest BCUT2D eigenvalue weighted by Crippen LogP contribution is -2.27. The number of benzene rings is 2. The van der Waals surface area contributed by atoms with Gasteiger partial charge in [-0.1, -0.05) is 42.0 Å². The van der Waals surface area contributed by atoms with Gasteiger partial charge in [-0.15, -0.1) is 0 Å². The summed E-state index contributed by atoms with van der Waals surface area (Å²) in [6.45, 7) is 4.58. The van der Waals surface area contributed by atoms with E-state index in [4.69, 9.17) is 15.2 Å². The van der Waals surface area contributed by atoms with Gasteiger partial charge in [-0.3, -0.25) is 0 Å². The van der Waals surface area contributed by atoms with E-state index in [-0.39, 0.29) is 12.1 Å². The fraction of sp³-hybridized carbons (Fsp3) is 0.333. The molecule has 0 fully saturated rings. The molecule has 0 spiro atoms. The summed E-state index contributed by atoms with van der Waals surface area (Å²) < 4.78 is 11.2. The minimum atomic E-state index is -0.105. The zero-order chi connectivity index (χ0) is 15.2. The van der Waals surface area contributed by atoms with Gasteiger partial charge >= 0.3 is 0 Å². The van der Waals surface area contributed by atoms with Crippen LogP contribution in [0.4, 0.5) is 0 Å². The van der Waals surface area contributed by atoms with Crippen molar-refractivity contribution in [1.29, 1.82) is 0 Å². The average molecular weight is 285 g/mol. The Balaban J connectivity index is 2.06. The number of nitrogens with two attached hydrogens (primary N) is 1. The van der Waals surface area contributed by atoms with E-state index in [0.717, 1.165) is 16.9 Å². The molecule has 2 N–H and O–H groups in total. The largest absolute Gasteiger partial charge is 0.497 e. The first-order valence-corrected chi connectivity index (χ1v) is 7.17. The number of hydrogen-bond donors (Lipinski definition) is 1. The van der Waals surface area contributed by atoms with Crippen LogP contribution < -0.4 is 10.5 Å². The van der Waals surface area contributed by atoms with Crippen LogP contribution in [-0.2, 0) is 11.3 Å². The Hall–Kier alpha value is -1.84. The second-order valence-corrected chi connectivity index (χ2v) is 5.35. The van der Waals surface area contributed by atoms with E-state index < -0.39 is 0 Å². The molecule has 2 aromatic carbocycles. The molecule has 2 unspecified atom stereocenters. The summed E-state index contributed by atoms with van der Waals surface area (Å²) in [6.07, 6.45) is -0.105. The van der Waals surface area contributed by atoms with Crippen molar-refractivity contribution in [2.24, 2.45) is 5.73 Å². The van der Waals surface area contributed by atoms with Gasteiger partial charge in [0.2, 0.25) is 0 Å². The van der Waals surface area contributed by atoms with Crippen LogP contribution in [-0.4, -0.2) is 13.2 Å². The highest BCUT2D eigenvalue weighted by Crippen LogP contribution is 2.23. The highest BCUT2D eigenvalue weighted by Gasteiger charge is 2.17.